The van der Waals surface area contributed by atoms with Crippen LogP contribution in [-0.2, 0) is 6.54 Å². The van der Waals surface area contributed by atoms with Crippen molar-refractivity contribution in [3.8, 4) is 5.75 Å². The molecule has 0 aliphatic heterocycles. The van der Waals surface area contributed by atoms with E-state index in [4.69, 9.17) is 16.7 Å². The largest absolute Gasteiger partial charge is 0.506 e. The first-order valence-electron chi connectivity index (χ1n) is 4.64. The monoisotopic (exact) mass is 240 g/mol. The van der Waals surface area contributed by atoms with Gasteiger partial charge in [-0.2, -0.15) is 0 Å². The summed E-state index contributed by atoms with van der Waals surface area (Å²) in [6, 6.07) is 4.54. The van der Waals surface area contributed by atoms with Crippen molar-refractivity contribution >= 4 is 22.5 Å². The molecule has 2 N–H and O–H groups in total. The van der Waals surface area contributed by atoms with Crippen molar-refractivity contribution in [3.63, 3.8) is 0 Å². The zero-order valence-corrected chi connectivity index (χ0v) is 8.98. The van der Waals surface area contributed by atoms with Gasteiger partial charge < -0.3 is 10.2 Å². The van der Waals surface area contributed by atoms with E-state index in [0.29, 0.717) is 0 Å². The second-order valence-electron chi connectivity index (χ2n) is 3.23. The topological polar surface area (TPSA) is 75.3 Å². The lowest BCUT2D eigenvalue weighted by Crippen LogP contribution is -2.23. The van der Waals surface area contributed by atoms with Gasteiger partial charge in [-0.05, 0) is 23.7 Å². The predicted octanol–water partition coefficient (Wildman–Crippen LogP) is 0.748. The van der Waals surface area contributed by atoms with E-state index in [1.54, 1.807) is 12.1 Å². The van der Waals surface area contributed by atoms with Crippen LogP contribution in [0.1, 0.15) is 0 Å². The van der Waals surface area contributed by atoms with Crippen molar-refractivity contribution in [2.24, 2.45) is 0 Å². The Labute approximate surface area is 95.5 Å². The summed E-state index contributed by atoms with van der Waals surface area (Å²) in [6.45, 7) is -0.123. The Morgan fingerprint density at radius 2 is 2.19 bits per heavy atom. The molecule has 16 heavy (non-hydrogen) atoms. The molecule has 2 rings (SSSR count). The lowest BCUT2D eigenvalue weighted by molar-refractivity contribution is 0.274. The number of aromatic hydroxyl groups is 1. The number of fused-ring (bicyclic) bond motifs is 1. The number of phenolic OH excluding ortho intramolecular Hbond substituents is 1. The van der Waals surface area contributed by atoms with Crippen LogP contribution in [0.5, 0.6) is 5.75 Å². The highest BCUT2D eigenvalue weighted by molar-refractivity contribution is 6.28. The number of para-hydroxylation sites is 1. The number of aliphatic hydroxyl groups is 1. The predicted molar refractivity (Wildman–Crippen MR) is 59.8 cm³/mol. The van der Waals surface area contributed by atoms with Gasteiger partial charge in [0.05, 0.1) is 18.5 Å². The molecule has 1 aromatic heterocycles. The average Bonchev–Trinajstić information content (AvgIpc) is 2.26. The Hall–Kier alpha value is -1.59. The molecule has 1 aromatic carbocycles. The number of rotatable bonds is 2. The van der Waals surface area contributed by atoms with Crippen molar-refractivity contribution in [1.82, 2.24) is 9.55 Å². The quantitative estimate of drug-likeness (QED) is 0.760. The minimum Gasteiger partial charge on any atom is -0.506 e. The zero-order valence-electron chi connectivity index (χ0n) is 8.22. The maximum Gasteiger partial charge on any atom is 0.262 e. The molecule has 0 saturated carbocycles. The van der Waals surface area contributed by atoms with Crippen LogP contribution in [0, 0.1) is 0 Å². The lowest BCUT2D eigenvalue weighted by atomic mass is 10.2. The Morgan fingerprint density at radius 1 is 1.44 bits per heavy atom. The van der Waals surface area contributed by atoms with Gasteiger partial charge in [0.1, 0.15) is 11.3 Å². The van der Waals surface area contributed by atoms with E-state index in [1.807, 2.05) is 0 Å². The number of phenols is 1. The number of nitrogens with zero attached hydrogens (tertiary/aromatic N) is 2. The van der Waals surface area contributed by atoms with Gasteiger partial charge in [0, 0.05) is 0 Å². The molecular weight excluding hydrogens is 232 g/mol. The first kappa shape index (κ1) is 10.9. The fourth-order valence-corrected chi connectivity index (χ4v) is 1.74. The fraction of sp³-hybridized carbons (Fsp3) is 0.200. The van der Waals surface area contributed by atoms with Gasteiger partial charge in [-0.15, -0.1) is 0 Å². The van der Waals surface area contributed by atoms with Crippen molar-refractivity contribution < 1.29 is 10.2 Å². The highest BCUT2D eigenvalue weighted by Gasteiger charge is 2.10. The molecule has 0 saturated heterocycles. The number of aliphatic hydroxyl groups excluding tert-OH is 1. The van der Waals surface area contributed by atoms with E-state index in [-0.39, 0.29) is 40.6 Å². The summed E-state index contributed by atoms with van der Waals surface area (Å²) in [6.07, 6.45) is 0. The van der Waals surface area contributed by atoms with Gasteiger partial charge in [0.25, 0.3) is 5.56 Å². The third kappa shape index (κ3) is 1.64. The Morgan fingerprint density at radius 3 is 2.88 bits per heavy atom. The van der Waals surface area contributed by atoms with E-state index in [9.17, 15) is 9.90 Å². The molecule has 6 heteroatoms. The summed E-state index contributed by atoms with van der Waals surface area (Å²) in [5.41, 5.74) is -0.202. The Balaban J connectivity index is 2.84. The van der Waals surface area contributed by atoms with E-state index in [1.165, 1.54) is 6.07 Å². The van der Waals surface area contributed by atoms with Crippen molar-refractivity contribution in [2.75, 3.05) is 6.61 Å². The summed E-state index contributed by atoms with van der Waals surface area (Å²) in [5.74, 6) is -0.0901. The SMILES string of the molecule is O=c1c2cccc(O)c2nc(Cl)n1CCO. The molecule has 0 radical (unpaired) electrons. The van der Waals surface area contributed by atoms with Crippen LogP contribution >= 0.6 is 11.6 Å². The number of hydrogen-bond acceptors (Lipinski definition) is 4. The van der Waals surface area contributed by atoms with Gasteiger partial charge in [-0.3, -0.25) is 9.36 Å². The van der Waals surface area contributed by atoms with Crippen molar-refractivity contribution in [2.45, 2.75) is 6.54 Å². The van der Waals surface area contributed by atoms with Crippen LogP contribution in [0.25, 0.3) is 10.9 Å². The van der Waals surface area contributed by atoms with Crippen LogP contribution in [0.4, 0.5) is 0 Å². The molecule has 0 fully saturated rings. The van der Waals surface area contributed by atoms with Crippen molar-refractivity contribution in [1.29, 1.82) is 0 Å². The summed E-state index contributed by atoms with van der Waals surface area (Å²) in [7, 11) is 0. The first-order valence-corrected chi connectivity index (χ1v) is 5.02. The van der Waals surface area contributed by atoms with Crippen LogP contribution in [0.15, 0.2) is 23.0 Å². The maximum atomic E-state index is 11.9. The molecule has 5 nitrogen and oxygen atoms in total. The molecule has 1 heterocycles. The molecule has 0 aliphatic rings. The third-order valence-electron chi connectivity index (χ3n) is 2.24. The second kappa shape index (κ2) is 4.11. The normalized spacial score (nSPS) is 10.9. The summed E-state index contributed by atoms with van der Waals surface area (Å²) < 4.78 is 1.16. The first-order chi connectivity index (χ1) is 7.65. The van der Waals surface area contributed by atoms with Crippen LogP contribution in [-0.4, -0.2) is 26.4 Å². The second-order valence-corrected chi connectivity index (χ2v) is 3.57. The van der Waals surface area contributed by atoms with Gasteiger partial charge in [-0.25, -0.2) is 4.98 Å². The summed E-state index contributed by atoms with van der Waals surface area (Å²) >= 11 is 5.79. The van der Waals surface area contributed by atoms with Crippen molar-refractivity contribution in [3.05, 3.63) is 33.8 Å². The summed E-state index contributed by atoms with van der Waals surface area (Å²) in [4.78, 5) is 15.8. The van der Waals surface area contributed by atoms with E-state index in [0.717, 1.165) is 4.57 Å². The number of benzene rings is 1. The summed E-state index contributed by atoms with van der Waals surface area (Å²) in [5, 5.41) is 18.5. The standard InChI is InChI=1S/C10H9ClN2O3/c11-10-12-8-6(2-1-3-7(8)15)9(16)13(10)4-5-14/h1-3,14-15H,4-5H2. The molecule has 0 spiro atoms. The Kier molecular flexibility index (Phi) is 2.80. The molecule has 0 amide bonds. The third-order valence-corrected chi connectivity index (χ3v) is 2.53. The van der Waals surface area contributed by atoms with E-state index < -0.39 is 0 Å². The highest BCUT2D eigenvalue weighted by Crippen LogP contribution is 2.21. The number of aromatic nitrogens is 2. The fourth-order valence-electron chi connectivity index (χ4n) is 1.50. The zero-order chi connectivity index (χ0) is 11.7. The smallest absolute Gasteiger partial charge is 0.262 e. The lowest BCUT2D eigenvalue weighted by Gasteiger charge is -2.07. The molecular formula is C10H9ClN2O3. The van der Waals surface area contributed by atoms with Gasteiger partial charge in [0.15, 0.2) is 0 Å². The van der Waals surface area contributed by atoms with Crippen LogP contribution in [0.3, 0.4) is 0 Å². The van der Waals surface area contributed by atoms with Gasteiger partial charge in [0.2, 0.25) is 5.28 Å². The van der Waals surface area contributed by atoms with Gasteiger partial charge >= 0.3 is 0 Å². The van der Waals surface area contributed by atoms with E-state index in [2.05, 4.69) is 4.98 Å². The molecule has 2 aromatic rings. The molecule has 0 aliphatic carbocycles. The molecule has 0 atom stereocenters. The van der Waals surface area contributed by atoms with Crippen LogP contribution < -0.4 is 5.56 Å². The molecule has 84 valence electrons. The highest BCUT2D eigenvalue weighted by atomic mass is 35.5. The van der Waals surface area contributed by atoms with Crippen LogP contribution in [0.2, 0.25) is 5.28 Å². The number of halogens is 1. The number of hydrogen-bond donors (Lipinski definition) is 2. The minimum atomic E-state index is -0.375. The maximum absolute atomic E-state index is 11.9. The Bertz CT molecular complexity index is 594. The molecule has 0 unspecified atom stereocenters. The van der Waals surface area contributed by atoms with Gasteiger partial charge in [-0.1, -0.05) is 6.07 Å². The molecule has 0 bridgehead atoms. The average molecular weight is 241 g/mol. The van der Waals surface area contributed by atoms with E-state index >= 15 is 0 Å². The minimum absolute atomic E-state index is 0.0481.